The highest BCUT2D eigenvalue weighted by Crippen LogP contribution is 2.27. The Kier molecular flexibility index (Phi) is 4.10. The van der Waals surface area contributed by atoms with E-state index in [0.29, 0.717) is 19.5 Å². The van der Waals surface area contributed by atoms with Gasteiger partial charge in [0.2, 0.25) is 0 Å². The van der Waals surface area contributed by atoms with Gasteiger partial charge in [-0.1, -0.05) is 17.7 Å². The van der Waals surface area contributed by atoms with Gasteiger partial charge in [0, 0.05) is 19.7 Å². The highest BCUT2D eigenvalue weighted by molar-refractivity contribution is 5.77. The summed E-state index contributed by atoms with van der Waals surface area (Å²) in [7, 11) is 0. The summed E-state index contributed by atoms with van der Waals surface area (Å²) in [5, 5.41) is 11.9. The summed E-state index contributed by atoms with van der Waals surface area (Å²) in [5.41, 5.74) is 4.93. The largest absolute Gasteiger partial charge is 0.396 e. The van der Waals surface area contributed by atoms with E-state index in [1.165, 1.54) is 22.3 Å². The minimum absolute atomic E-state index is 0.0298. The second-order valence-corrected chi connectivity index (χ2v) is 5.34. The van der Waals surface area contributed by atoms with E-state index in [2.05, 4.69) is 38.2 Å². The minimum Gasteiger partial charge on any atom is -0.396 e. The quantitative estimate of drug-likeness (QED) is 0.872. The van der Waals surface area contributed by atoms with Crippen LogP contribution in [0.1, 0.15) is 34.7 Å². The lowest BCUT2D eigenvalue weighted by Crippen LogP contribution is -2.29. The number of nitrogens with zero attached hydrogens (tertiary/aromatic N) is 1. The Morgan fingerprint density at radius 1 is 1.32 bits per heavy atom. The van der Waals surface area contributed by atoms with Crippen molar-refractivity contribution in [1.82, 2.24) is 10.2 Å². The van der Waals surface area contributed by atoms with Gasteiger partial charge in [-0.2, -0.15) is 0 Å². The van der Waals surface area contributed by atoms with Gasteiger partial charge < -0.3 is 15.3 Å². The molecule has 2 rings (SSSR count). The van der Waals surface area contributed by atoms with Crippen molar-refractivity contribution < 1.29 is 9.90 Å². The molecule has 0 aliphatic carbocycles. The number of aliphatic hydroxyl groups is 1. The molecule has 1 atom stereocenters. The van der Waals surface area contributed by atoms with Crippen LogP contribution >= 0.6 is 0 Å². The van der Waals surface area contributed by atoms with E-state index in [4.69, 9.17) is 5.11 Å². The van der Waals surface area contributed by atoms with Crippen LogP contribution in [-0.4, -0.2) is 35.7 Å². The van der Waals surface area contributed by atoms with Crippen molar-refractivity contribution in [1.29, 1.82) is 0 Å². The first-order valence-electron chi connectivity index (χ1n) is 6.77. The SMILES string of the molecule is Cc1cc(C)c(C2CN(CCCO)C(=O)N2)c(C)c1. The Hall–Kier alpha value is -1.55. The molecule has 2 N–H and O–H groups in total. The van der Waals surface area contributed by atoms with Crippen molar-refractivity contribution in [3.8, 4) is 0 Å². The van der Waals surface area contributed by atoms with Crippen LogP contribution in [0.4, 0.5) is 4.79 Å². The first-order chi connectivity index (χ1) is 9.02. The van der Waals surface area contributed by atoms with E-state index in [0.717, 1.165) is 0 Å². The van der Waals surface area contributed by atoms with Gasteiger partial charge >= 0.3 is 6.03 Å². The Morgan fingerprint density at radius 3 is 2.53 bits per heavy atom. The van der Waals surface area contributed by atoms with Gasteiger partial charge in [-0.05, 0) is 43.9 Å². The number of urea groups is 1. The predicted molar refractivity (Wildman–Crippen MR) is 75.2 cm³/mol. The molecule has 1 aliphatic rings. The third-order valence-corrected chi connectivity index (χ3v) is 3.66. The molecule has 0 radical (unpaired) electrons. The van der Waals surface area contributed by atoms with Crippen LogP contribution < -0.4 is 5.32 Å². The standard InChI is InChI=1S/C15H22N2O2/c1-10-7-11(2)14(12(3)8-10)13-9-17(5-4-6-18)15(19)16-13/h7-8,13,18H,4-6,9H2,1-3H3,(H,16,19). The van der Waals surface area contributed by atoms with Gasteiger partial charge in [0.1, 0.15) is 0 Å². The first kappa shape index (κ1) is 13.9. The fourth-order valence-electron chi connectivity index (χ4n) is 2.95. The number of nitrogens with one attached hydrogen (secondary N) is 1. The second kappa shape index (κ2) is 5.61. The first-order valence-corrected chi connectivity index (χ1v) is 6.77. The van der Waals surface area contributed by atoms with E-state index in [1.54, 1.807) is 4.90 Å². The minimum atomic E-state index is -0.0298. The Balaban J connectivity index is 2.18. The Morgan fingerprint density at radius 2 is 1.95 bits per heavy atom. The van der Waals surface area contributed by atoms with Gasteiger partial charge in [0.05, 0.1) is 6.04 Å². The van der Waals surface area contributed by atoms with Crippen LogP contribution in [0.5, 0.6) is 0 Å². The van der Waals surface area contributed by atoms with Gasteiger partial charge in [-0.25, -0.2) is 4.79 Å². The van der Waals surface area contributed by atoms with Gasteiger partial charge in [-0.3, -0.25) is 0 Å². The molecule has 2 amide bonds. The number of carbonyl (C=O) groups is 1. The lowest BCUT2D eigenvalue weighted by Gasteiger charge is -2.18. The molecule has 1 fully saturated rings. The molecule has 1 aliphatic heterocycles. The molecule has 1 aromatic rings. The van der Waals surface area contributed by atoms with Crippen molar-refractivity contribution in [3.63, 3.8) is 0 Å². The number of amides is 2. The smallest absolute Gasteiger partial charge is 0.318 e. The number of aryl methyl sites for hydroxylation is 3. The molecule has 0 bridgehead atoms. The molecular weight excluding hydrogens is 240 g/mol. The van der Waals surface area contributed by atoms with Gasteiger partial charge in [-0.15, -0.1) is 0 Å². The van der Waals surface area contributed by atoms with Crippen molar-refractivity contribution in [3.05, 3.63) is 34.4 Å². The van der Waals surface area contributed by atoms with Crippen LogP contribution in [0.15, 0.2) is 12.1 Å². The summed E-state index contributed by atoms with van der Waals surface area (Å²) in [6, 6.07) is 4.35. The fraction of sp³-hybridized carbons (Fsp3) is 0.533. The van der Waals surface area contributed by atoms with Gasteiger partial charge in [0.25, 0.3) is 0 Å². The number of carbonyl (C=O) groups excluding carboxylic acids is 1. The average Bonchev–Trinajstić information content (AvgIpc) is 2.66. The van der Waals surface area contributed by atoms with Crippen molar-refractivity contribution in [2.75, 3.05) is 19.7 Å². The molecule has 104 valence electrons. The number of aliphatic hydroxyl groups excluding tert-OH is 1. The van der Waals surface area contributed by atoms with Crippen molar-refractivity contribution in [2.45, 2.75) is 33.2 Å². The number of hydrogen-bond donors (Lipinski definition) is 2. The number of rotatable bonds is 4. The monoisotopic (exact) mass is 262 g/mol. The zero-order valence-electron chi connectivity index (χ0n) is 11.9. The molecule has 0 aromatic heterocycles. The fourth-order valence-corrected chi connectivity index (χ4v) is 2.95. The summed E-state index contributed by atoms with van der Waals surface area (Å²) in [4.78, 5) is 13.7. The van der Waals surface area contributed by atoms with Crippen LogP contribution in [0.3, 0.4) is 0 Å². The maximum absolute atomic E-state index is 11.9. The van der Waals surface area contributed by atoms with E-state index in [1.807, 2.05) is 0 Å². The summed E-state index contributed by atoms with van der Waals surface area (Å²) < 4.78 is 0. The molecule has 1 heterocycles. The van der Waals surface area contributed by atoms with Crippen LogP contribution in [0.25, 0.3) is 0 Å². The Labute approximate surface area is 114 Å². The van der Waals surface area contributed by atoms with E-state index < -0.39 is 0 Å². The van der Waals surface area contributed by atoms with Gasteiger partial charge in [0.15, 0.2) is 0 Å². The van der Waals surface area contributed by atoms with Crippen molar-refractivity contribution in [2.24, 2.45) is 0 Å². The van der Waals surface area contributed by atoms with Crippen molar-refractivity contribution >= 4 is 6.03 Å². The molecule has 4 heteroatoms. The Bertz CT molecular complexity index is 462. The molecule has 19 heavy (non-hydrogen) atoms. The number of benzene rings is 1. The number of hydrogen-bond acceptors (Lipinski definition) is 2. The van der Waals surface area contributed by atoms with Crippen LogP contribution in [-0.2, 0) is 0 Å². The molecule has 1 aromatic carbocycles. The summed E-state index contributed by atoms with van der Waals surface area (Å²) >= 11 is 0. The molecule has 4 nitrogen and oxygen atoms in total. The average molecular weight is 262 g/mol. The molecule has 0 saturated carbocycles. The topological polar surface area (TPSA) is 52.6 Å². The summed E-state index contributed by atoms with van der Waals surface area (Å²) in [6.07, 6.45) is 0.631. The third kappa shape index (κ3) is 2.89. The molecule has 0 spiro atoms. The van der Waals surface area contributed by atoms with E-state index in [9.17, 15) is 4.79 Å². The summed E-state index contributed by atoms with van der Waals surface area (Å²) in [5.74, 6) is 0. The molecular formula is C15H22N2O2. The maximum Gasteiger partial charge on any atom is 0.318 e. The van der Waals surface area contributed by atoms with E-state index in [-0.39, 0.29) is 18.7 Å². The third-order valence-electron chi connectivity index (χ3n) is 3.66. The zero-order valence-corrected chi connectivity index (χ0v) is 11.9. The normalized spacial score (nSPS) is 18.8. The lowest BCUT2D eigenvalue weighted by molar-refractivity contribution is 0.209. The second-order valence-electron chi connectivity index (χ2n) is 5.34. The molecule has 1 unspecified atom stereocenters. The lowest BCUT2D eigenvalue weighted by atomic mass is 9.94. The molecule has 1 saturated heterocycles. The maximum atomic E-state index is 11.9. The van der Waals surface area contributed by atoms with Crippen LogP contribution in [0.2, 0.25) is 0 Å². The summed E-state index contributed by atoms with van der Waals surface area (Å²) in [6.45, 7) is 7.70. The van der Waals surface area contributed by atoms with E-state index >= 15 is 0 Å². The zero-order chi connectivity index (χ0) is 14.0. The van der Waals surface area contributed by atoms with Crippen LogP contribution in [0, 0.1) is 20.8 Å². The predicted octanol–water partition coefficient (Wildman–Crippen LogP) is 2.06. The highest BCUT2D eigenvalue weighted by atomic mass is 16.3. The highest BCUT2D eigenvalue weighted by Gasteiger charge is 2.30.